The monoisotopic (exact) mass is 526 g/mol. The Balaban J connectivity index is 1.89. The number of aromatic amines is 1. The fourth-order valence-electron chi connectivity index (χ4n) is 4.28. The van der Waals surface area contributed by atoms with E-state index in [0.29, 0.717) is 12.8 Å². The minimum atomic E-state index is -4.08. The van der Waals surface area contributed by atoms with Gasteiger partial charge in [-0.15, -0.1) is 0 Å². The van der Waals surface area contributed by atoms with E-state index in [0.717, 1.165) is 19.4 Å². The van der Waals surface area contributed by atoms with Crippen molar-refractivity contribution in [2.75, 3.05) is 26.7 Å². The summed E-state index contributed by atoms with van der Waals surface area (Å²) in [7, 11) is -2.10. The molecule has 0 saturated carbocycles. The lowest BCUT2D eigenvalue weighted by Crippen LogP contribution is -2.31. The summed E-state index contributed by atoms with van der Waals surface area (Å²) < 4.78 is 114. The molecule has 1 atom stereocenters. The van der Waals surface area contributed by atoms with Gasteiger partial charge in [-0.3, -0.25) is 9.48 Å². The number of fused-ring (bicyclic) bond motifs is 1. The number of hydrogen-bond donors (Lipinski definition) is 2. The summed E-state index contributed by atoms with van der Waals surface area (Å²) in [6, 6.07) is 4.08. The third-order valence-corrected chi connectivity index (χ3v) is 7.59. The Morgan fingerprint density at radius 1 is 1.39 bits per heavy atom. The smallest absolute Gasteiger partial charge is 0.277 e. The fraction of sp³-hybridized carbons (Fsp3) is 0.560. The van der Waals surface area contributed by atoms with Gasteiger partial charge in [-0.1, -0.05) is 20.1 Å². The molecule has 3 heterocycles. The number of hydrogen-bond acceptors (Lipinski definition) is 7. The molecule has 1 aliphatic rings. The van der Waals surface area contributed by atoms with Gasteiger partial charge in [0.2, 0.25) is 10.0 Å². The highest BCUT2D eigenvalue weighted by atomic mass is 32.2. The maximum absolute atomic E-state index is 13.4. The lowest BCUT2D eigenvalue weighted by Gasteiger charge is -2.19. The molecule has 3 aromatic rings. The number of nitrogens with one attached hydrogen (secondary N) is 2. The molecule has 1 aliphatic heterocycles. The number of nitrogens with zero attached hydrogens (tertiary/aromatic N) is 4. The molecule has 4 rings (SSSR count). The Morgan fingerprint density at radius 2 is 2.25 bits per heavy atom. The molecule has 1 unspecified atom stereocenters. The molecule has 0 aliphatic carbocycles. The van der Waals surface area contributed by atoms with E-state index in [1.165, 1.54) is 18.2 Å². The molecule has 0 spiro atoms. The minimum Gasteiger partial charge on any atom is -0.493 e. The number of H-pyrrole nitrogens is 1. The second-order valence-corrected chi connectivity index (χ2v) is 10.4. The first-order valence-electron chi connectivity index (χ1n) is 16.6. The number of likely N-dealkylation sites (tertiary alicyclic amines) is 1. The molecule has 0 radical (unpaired) electrons. The van der Waals surface area contributed by atoms with Gasteiger partial charge in [0.05, 0.1) is 22.8 Å². The number of ether oxygens (including phenoxy) is 1. The van der Waals surface area contributed by atoms with Crippen LogP contribution in [-0.2, 0) is 23.4 Å². The zero-order valence-electron chi connectivity index (χ0n) is 30.1. The summed E-state index contributed by atoms with van der Waals surface area (Å²) in [6.07, 6.45) is -3.95. The van der Waals surface area contributed by atoms with Crippen LogP contribution < -0.4 is 15.0 Å². The SMILES string of the molecule is [2H]C([2H])([2H])n1nc(C([2H])([2H])C([2H])([2H])C([2H])([2H])[2H])c2nc(-c3cc(S(=O)(=O)NCCC4CCCN4C)ccc3OCCC)[nH]c(=O)c21. The van der Waals surface area contributed by atoms with E-state index in [9.17, 15) is 13.2 Å². The average molecular weight is 527 g/mol. The van der Waals surface area contributed by atoms with Crippen molar-refractivity contribution in [3.05, 3.63) is 34.2 Å². The van der Waals surface area contributed by atoms with Crippen LogP contribution >= 0.6 is 0 Å². The van der Waals surface area contributed by atoms with Crippen LogP contribution in [0.5, 0.6) is 5.75 Å². The highest BCUT2D eigenvalue weighted by molar-refractivity contribution is 7.89. The number of aromatic nitrogens is 4. The number of aryl methyl sites for hydroxylation is 2. The predicted octanol–water partition coefficient (Wildman–Crippen LogP) is 2.83. The molecule has 1 aromatic carbocycles. The summed E-state index contributed by atoms with van der Waals surface area (Å²) in [5.74, 6) is -0.286. The van der Waals surface area contributed by atoms with Crippen molar-refractivity contribution in [2.45, 2.75) is 63.1 Å². The van der Waals surface area contributed by atoms with E-state index in [1.54, 1.807) is 0 Å². The standard InChI is InChI=1S/C25H36N6O4S/c1-5-8-20-22-23(31(4)29-20)25(32)28-24(27-22)19-16-18(10-11-21(19)35-15-6-2)36(33,34)26-13-12-17-9-7-14-30(17)3/h10-11,16-17,26H,5-9,12-15H2,1-4H3,(H,27,28,32)/i1D3,4D3,5D2,8D2. The number of sulfonamides is 1. The number of benzene rings is 1. The van der Waals surface area contributed by atoms with Crippen molar-refractivity contribution >= 4 is 21.1 Å². The third kappa shape index (κ3) is 5.47. The van der Waals surface area contributed by atoms with Gasteiger partial charge in [0, 0.05) is 33.3 Å². The van der Waals surface area contributed by atoms with Gasteiger partial charge in [0.25, 0.3) is 5.56 Å². The van der Waals surface area contributed by atoms with Crippen molar-refractivity contribution < 1.29 is 26.9 Å². The Hall–Kier alpha value is -2.76. The zero-order valence-corrected chi connectivity index (χ0v) is 20.9. The van der Waals surface area contributed by atoms with E-state index >= 15 is 0 Å². The van der Waals surface area contributed by atoms with Gasteiger partial charge in [0.1, 0.15) is 17.1 Å². The van der Waals surface area contributed by atoms with Crippen LogP contribution in [0.25, 0.3) is 22.4 Å². The summed E-state index contributed by atoms with van der Waals surface area (Å²) in [6.45, 7) is -3.58. The zero-order chi connectivity index (χ0) is 34.5. The minimum absolute atomic E-state index is 0.0576. The van der Waals surface area contributed by atoms with E-state index in [1.807, 2.05) is 14.0 Å². The van der Waals surface area contributed by atoms with Crippen LogP contribution in [0.15, 0.2) is 27.9 Å². The first-order chi connectivity index (χ1) is 21.1. The second-order valence-electron chi connectivity index (χ2n) is 8.59. The topological polar surface area (TPSA) is 122 Å². The molecule has 0 amide bonds. The summed E-state index contributed by atoms with van der Waals surface area (Å²) >= 11 is 0. The lowest BCUT2D eigenvalue weighted by atomic mass is 10.1. The fourth-order valence-corrected chi connectivity index (χ4v) is 5.36. The third-order valence-electron chi connectivity index (χ3n) is 6.13. The van der Waals surface area contributed by atoms with Crippen molar-refractivity contribution in [1.29, 1.82) is 0 Å². The molecular weight excluding hydrogens is 480 g/mol. The van der Waals surface area contributed by atoms with Crippen molar-refractivity contribution in [3.8, 4) is 17.1 Å². The molecule has 36 heavy (non-hydrogen) atoms. The molecule has 1 fully saturated rings. The van der Waals surface area contributed by atoms with E-state index in [2.05, 4.69) is 24.7 Å². The molecule has 10 nitrogen and oxygen atoms in total. The Bertz CT molecular complexity index is 1750. The first kappa shape index (κ1) is 16.2. The molecule has 2 N–H and O–H groups in total. The summed E-state index contributed by atoms with van der Waals surface area (Å²) in [4.78, 5) is 22.0. The van der Waals surface area contributed by atoms with Crippen LogP contribution in [0.3, 0.4) is 0 Å². The highest BCUT2D eigenvalue weighted by Gasteiger charge is 2.23. The van der Waals surface area contributed by atoms with Crippen LogP contribution in [0.4, 0.5) is 0 Å². The average Bonchev–Trinajstić information content (AvgIpc) is 3.55. The Kier molecular flexibility index (Phi) is 4.98. The summed E-state index contributed by atoms with van der Waals surface area (Å²) in [5.41, 5.74) is -3.71. The molecule has 2 aromatic heterocycles. The van der Waals surface area contributed by atoms with Crippen molar-refractivity contribution in [3.63, 3.8) is 0 Å². The van der Waals surface area contributed by atoms with Gasteiger partial charge in [-0.25, -0.2) is 18.1 Å². The summed E-state index contributed by atoms with van der Waals surface area (Å²) in [5, 5.41) is 3.67. The second kappa shape index (κ2) is 11.1. The van der Waals surface area contributed by atoms with Gasteiger partial charge in [0.15, 0.2) is 5.52 Å². The van der Waals surface area contributed by atoms with E-state index < -0.39 is 58.9 Å². The van der Waals surface area contributed by atoms with Gasteiger partial charge in [-0.2, -0.15) is 5.10 Å². The molecule has 11 heteroatoms. The Morgan fingerprint density at radius 3 is 2.97 bits per heavy atom. The van der Waals surface area contributed by atoms with Crippen LogP contribution in [0.1, 0.15) is 65.2 Å². The van der Waals surface area contributed by atoms with Gasteiger partial charge in [-0.05, 0) is 63.8 Å². The van der Waals surface area contributed by atoms with E-state index in [4.69, 9.17) is 18.4 Å². The molecular formula is C25H36N6O4S. The first-order valence-corrected chi connectivity index (χ1v) is 13.1. The maximum Gasteiger partial charge on any atom is 0.277 e. The van der Waals surface area contributed by atoms with E-state index in [-0.39, 0.29) is 45.9 Å². The number of rotatable bonds is 11. The molecule has 1 saturated heterocycles. The normalized spacial score (nSPS) is 22.3. The molecule has 196 valence electrons. The van der Waals surface area contributed by atoms with Crippen molar-refractivity contribution in [2.24, 2.45) is 6.98 Å². The largest absolute Gasteiger partial charge is 0.493 e. The lowest BCUT2D eigenvalue weighted by molar-refractivity contribution is 0.297. The van der Waals surface area contributed by atoms with Crippen molar-refractivity contribution in [1.82, 2.24) is 29.4 Å². The van der Waals surface area contributed by atoms with Gasteiger partial charge >= 0.3 is 0 Å². The Labute approximate surface area is 226 Å². The highest BCUT2D eigenvalue weighted by Crippen LogP contribution is 2.31. The van der Waals surface area contributed by atoms with Crippen LogP contribution in [-0.4, -0.2) is 65.9 Å². The van der Waals surface area contributed by atoms with Gasteiger partial charge < -0.3 is 14.6 Å². The maximum atomic E-state index is 13.4. The van der Waals surface area contributed by atoms with Crippen LogP contribution in [0, 0.1) is 0 Å². The predicted molar refractivity (Wildman–Crippen MR) is 140 cm³/mol. The molecule has 0 bridgehead atoms. The quantitative estimate of drug-likeness (QED) is 0.394. The van der Waals surface area contributed by atoms with Crippen LogP contribution in [0.2, 0.25) is 0 Å².